The zero-order valence-electron chi connectivity index (χ0n) is 12.5. The molecule has 0 saturated heterocycles. The van der Waals surface area contributed by atoms with E-state index in [0.717, 1.165) is 6.54 Å². The topological polar surface area (TPSA) is 42.1 Å². The van der Waals surface area contributed by atoms with Gasteiger partial charge in [0.1, 0.15) is 0 Å². The number of pyridine rings is 1. The van der Waals surface area contributed by atoms with Gasteiger partial charge in [0.05, 0.1) is 0 Å². The molecular formula is C17H23N3. The average Bonchev–Trinajstić information content (AvgIpc) is 2.44. The predicted octanol–water partition coefficient (Wildman–Crippen LogP) is 2.83. The van der Waals surface area contributed by atoms with E-state index in [2.05, 4.69) is 61.1 Å². The molecule has 2 N–H and O–H groups in total. The summed E-state index contributed by atoms with van der Waals surface area (Å²) in [5, 5.41) is 0. The monoisotopic (exact) mass is 269 g/mol. The first-order valence-corrected chi connectivity index (χ1v) is 6.98. The quantitative estimate of drug-likeness (QED) is 0.907. The SMILES string of the molecule is Cc1cccc(C)c1C(CN)N(C)Cc1ccncc1. The van der Waals surface area contributed by atoms with Crippen LogP contribution in [-0.2, 0) is 6.54 Å². The smallest absolute Gasteiger partial charge is 0.0476 e. The number of hydrogen-bond donors (Lipinski definition) is 1. The van der Waals surface area contributed by atoms with Gasteiger partial charge in [-0.15, -0.1) is 0 Å². The molecule has 3 nitrogen and oxygen atoms in total. The number of hydrogen-bond acceptors (Lipinski definition) is 3. The summed E-state index contributed by atoms with van der Waals surface area (Å²) >= 11 is 0. The number of aromatic nitrogens is 1. The van der Waals surface area contributed by atoms with Crippen LogP contribution in [0, 0.1) is 13.8 Å². The lowest BCUT2D eigenvalue weighted by atomic mass is 9.95. The van der Waals surface area contributed by atoms with E-state index in [0.29, 0.717) is 6.54 Å². The fraction of sp³-hybridized carbons (Fsp3) is 0.353. The summed E-state index contributed by atoms with van der Waals surface area (Å²) in [5.74, 6) is 0. The summed E-state index contributed by atoms with van der Waals surface area (Å²) < 4.78 is 0. The van der Waals surface area contributed by atoms with Crippen LogP contribution in [-0.4, -0.2) is 23.5 Å². The van der Waals surface area contributed by atoms with Crippen molar-refractivity contribution in [2.75, 3.05) is 13.6 Å². The first-order valence-electron chi connectivity index (χ1n) is 6.98. The second-order valence-electron chi connectivity index (χ2n) is 5.33. The van der Waals surface area contributed by atoms with Crippen LogP contribution in [0.2, 0.25) is 0 Å². The molecule has 0 fully saturated rings. The van der Waals surface area contributed by atoms with Crippen molar-refractivity contribution in [1.29, 1.82) is 0 Å². The van der Waals surface area contributed by atoms with Crippen LogP contribution in [0.4, 0.5) is 0 Å². The van der Waals surface area contributed by atoms with Crippen molar-refractivity contribution in [1.82, 2.24) is 9.88 Å². The van der Waals surface area contributed by atoms with E-state index in [1.165, 1.54) is 22.3 Å². The number of benzene rings is 1. The average molecular weight is 269 g/mol. The van der Waals surface area contributed by atoms with Gasteiger partial charge in [-0.2, -0.15) is 0 Å². The van der Waals surface area contributed by atoms with E-state index in [4.69, 9.17) is 5.73 Å². The Morgan fingerprint density at radius 3 is 2.25 bits per heavy atom. The maximum absolute atomic E-state index is 6.04. The third-order valence-electron chi connectivity index (χ3n) is 3.81. The van der Waals surface area contributed by atoms with Crippen LogP contribution < -0.4 is 5.73 Å². The van der Waals surface area contributed by atoms with Crippen LogP contribution in [0.1, 0.15) is 28.3 Å². The van der Waals surface area contributed by atoms with Crippen molar-refractivity contribution in [2.45, 2.75) is 26.4 Å². The highest BCUT2D eigenvalue weighted by molar-refractivity contribution is 5.36. The summed E-state index contributed by atoms with van der Waals surface area (Å²) in [6.45, 7) is 5.81. The zero-order valence-corrected chi connectivity index (χ0v) is 12.5. The molecule has 0 aliphatic heterocycles. The third-order valence-corrected chi connectivity index (χ3v) is 3.81. The molecule has 0 radical (unpaired) electrons. The molecule has 0 aliphatic carbocycles. The van der Waals surface area contributed by atoms with E-state index >= 15 is 0 Å². The molecule has 0 bridgehead atoms. The lowest BCUT2D eigenvalue weighted by molar-refractivity contribution is 0.240. The molecule has 106 valence electrons. The molecule has 1 aromatic heterocycles. The molecule has 0 aliphatic rings. The number of aryl methyl sites for hydroxylation is 2. The van der Waals surface area contributed by atoms with Gasteiger partial charge in [0.15, 0.2) is 0 Å². The van der Waals surface area contributed by atoms with E-state index in [9.17, 15) is 0 Å². The summed E-state index contributed by atoms with van der Waals surface area (Å²) in [5.41, 5.74) is 11.3. The molecule has 0 spiro atoms. The molecule has 20 heavy (non-hydrogen) atoms. The van der Waals surface area contributed by atoms with Gasteiger partial charge in [-0.25, -0.2) is 0 Å². The lowest BCUT2D eigenvalue weighted by Gasteiger charge is -2.30. The number of nitrogens with zero attached hydrogens (tertiary/aromatic N) is 2. The Hall–Kier alpha value is -1.71. The molecule has 2 rings (SSSR count). The summed E-state index contributed by atoms with van der Waals surface area (Å²) in [6.07, 6.45) is 3.67. The van der Waals surface area contributed by atoms with Gasteiger partial charge in [-0.05, 0) is 55.3 Å². The lowest BCUT2D eigenvalue weighted by Crippen LogP contribution is -2.31. The van der Waals surface area contributed by atoms with Crippen molar-refractivity contribution in [2.24, 2.45) is 5.73 Å². The first kappa shape index (κ1) is 14.7. The fourth-order valence-electron chi connectivity index (χ4n) is 2.76. The summed E-state index contributed by atoms with van der Waals surface area (Å²) in [4.78, 5) is 6.37. The van der Waals surface area contributed by atoms with Crippen LogP contribution in [0.3, 0.4) is 0 Å². The Kier molecular flexibility index (Phi) is 4.88. The molecular weight excluding hydrogens is 246 g/mol. The highest BCUT2D eigenvalue weighted by atomic mass is 15.1. The van der Waals surface area contributed by atoms with Crippen LogP contribution in [0.25, 0.3) is 0 Å². The Morgan fingerprint density at radius 1 is 1.10 bits per heavy atom. The summed E-state index contributed by atoms with van der Waals surface area (Å²) in [6, 6.07) is 10.8. The maximum atomic E-state index is 6.04. The Morgan fingerprint density at radius 2 is 1.70 bits per heavy atom. The zero-order chi connectivity index (χ0) is 14.5. The van der Waals surface area contributed by atoms with Gasteiger partial charge in [-0.3, -0.25) is 9.88 Å². The molecule has 1 unspecified atom stereocenters. The Balaban J connectivity index is 2.24. The predicted molar refractivity (Wildman–Crippen MR) is 83.4 cm³/mol. The Labute approximate surface area is 121 Å². The highest BCUT2D eigenvalue weighted by Crippen LogP contribution is 2.26. The van der Waals surface area contributed by atoms with E-state index < -0.39 is 0 Å². The second-order valence-corrected chi connectivity index (χ2v) is 5.33. The minimum atomic E-state index is 0.240. The maximum Gasteiger partial charge on any atom is 0.0476 e. The van der Waals surface area contributed by atoms with Gasteiger partial charge in [0.2, 0.25) is 0 Å². The molecule has 1 aromatic carbocycles. The molecule has 1 heterocycles. The van der Waals surface area contributed by atoms with E-state index in [1.54, 1.807) is 0 Å². The number of rotatable bonds is 5. The van der Waals surface area contributed by atoms with Crippen molar-refractivity contribution >= 4 is 0 Å². The van der Waals surface area contributed by atoms with Crippen molar-refractivity contribution in [3.63, 3.8) is 0 Å². The second kappa shape index (κ2) is 6.64. The molecule has 1 atom stereocenters. The van der Waals surface area contributed by atoms with Gasteiger partial charge in [-0.1, -0.05) is 18.2 Å². The summed E-state index contributed by atoms with van der Waals surface area (Å²) in [7, 11) is 2.13. The van der Waals surface area contributed by atoms with Crippen LogP contribution in [0.15, 0.2) is 42.7 Å². The Bertz CT molecular complexity index is 531. The van der Waals surface area contributed by atoms with E-state index in [-0.39, 0.29) is 6.04 Å². The van der Waals surface area contributed by atoms with Crippen LogP contribution >= 0.6 is 0 Å². The minimum absolute atomic E-state index is 0.240. The van der Waals surface area contributed by atoms with Crippen LogP contribution in [0.5, 0.6) is 0 Å². The molecule has 3 heteroatoms. The molecule has 0 amide bonds. The van der Waals surface area contributed by atoms with Gasteiger partial charge in [0.25, 0.3) is 0 Å². The molecule has 0 saturated carbocycles. The molecule has 2 aromatic rings. The standard InChI is InChI=1S/C17H23N3/c1-13-5-4-6-14(2)17(13)16(11-18)20(3)12-15-7-9-19-10-8-15/h4-10,16H,11-12,18H2,1-3H3. The minimum Gasteiger partial charge on any atom is -0.329 e. The van der Waals surface area contributed by atoms with Gasteiger partial charge >= 0.3 is 0 Å². The highest BCUT2D eigenvalue weighted by Gasteiger charge is 2.19. The number of nitrogens with two attached hydrogens (primary N) is 1. The largest absolute Gasteiger partial charge is 0.329 e. The van der Waals surface area contributed by atoms with Crippen molar-refractivity contribution in [3.8, 4) is 0 Å². The van der Waals surface area contributed by atoms with Gasteiger partial charge in [0, 0.05) is 31.5 Å². The fourth-order valence-corrected chi connectivity index (χ4v) is 2.76. The first-order chi connectivity index (χ1) is 9.63. The normalized spacial score (nSPS) is 12.7. The van der Waals surface area contributed by atoms with Crippen molar-refractivity contribution < 1.29 is 0 Å². The van der Waals surface area contributed by atoms with E-state index in [1.807, 2.05) is 12.4 Å². The van der Waals surface area contributed by atoms with Crippen molar-refractivity contribution in [3.05, 3.63) is 65.0 Å². The number of likely N-dealkylation sites (N-methyl/N-ethyl adjacent to an activating group) is 1. The third kappa shape index (κ3) is 3.24. The van der Waals surface area contributed by atoms with Gasteiger partial charge < -0.3 is 5.73 Å².